The molecule has 0 nitrogen and oxygen atoms in total. The Balaban J connectivity index is 0.000000163. The Bertz CT molecular complexity index is 1570. The maximum Gasteiger partial charge on any atom is 0 e. The predicted octanol–water partition coefficient (Wildman–Crippen LogP) is 8.03. The van der Waals surface area contributed by atoms with E-state index in [0.717, 1.165) is 0 Å². The average molecular weight is 643 g/mol. The summed E-state index contributed by atoms with van der Waals surface area (Å²) < 4.78 is 0. The smallest absolute Gasteiger partial charge is 0 e. The summed E-state index contributed by atoms with van der Waals surface area (Å²) in [6.07, 6.45) is 0. The van der Waals surface area contributed by atoms with Gasteiger partial charge in [-0.15, -0.1) is 80.1 Å². The Morgan fingerprint density at radius 2 is 0.861 bits per heavy atom. The van der Waals surface area contributed by atoms with Gasteiger partial charge in [-0.05, 0) is 18.5 Å². The summed E-state index contributed by atoms with van der Waals surface area (Å²) in [5.74, 6) is 0. The summed E-state index contributed by atoms with van der Waals surface area (Å²) in [6.45, 7) is 0. The Morgan fingerprint density at radius 3 is 1.39 bits per heavy atom. The fourth-order valence-electron chi connectivity index (χ4n) is 4.77. The third-order valence-electron chi connectivity index (χ3n) is 6.41. The summed E-state index contributed by atoms with van der Waals surface area (Å²) in [5, 5.41) is 12.3. The molecule has 0 radical (unpaired) electrons. The van der Waals surface area contributed by atoms with Crippen molar-refractivity contribution in [1.29, 1.82) is 0 Å². The monoisotopic (exact) mass is 644 g/mol. The van der Waals surface area contributed by atoms with Gasteiger partial charge in [0.05, 0.1) is 0 Å². The summed E-state index contributed by atoms with van der Waals surface area (Å²) >= 11 is 0. The second kappa shape index (κ2) is 11.3. The Labute approximate surface area is 232 Å². The fourth-order valence-corrected chi connectivity index (χ4v) is 7.14. The molecule has 0 aliphatic heterocycles. The van der Waals surface area contributed by atoms with Crippen molar-refractivity contribution < 1.29 is 25.8 Å². The van der Waals surface area contributed by atoms with Gasteiger partial charge in [0.15, 0.2) is 0 Å². The van der Waals surface area contributed by atoms with E-state index in [-0.39, 0.29) is 25.8 Å². The van der Waals surface area contributed by atoms with Crippen LogP contribution in [-0.2, 0) is 25.8 Å². The molecule has 0 atom stereocenters. The van der Waals surface area contributed by atoms with E-state index < -0.39 is 7.92 Å². The molecule has 0 unspecified atom stereocenters. The molecule has 0 saturated heterocycles. The number of benzene rings is 5. The molecule has 36 heavy (non-hydrogen) atoms. The van der Waals surface area contributed by atoms with Gasteiger partial charge in [0, 0.05) is 25.8 Å². The summed E-state index contributed by atoms with van der Waals surface area (Å²) in [7, 11) is -0.493. The van der Waals surface area contributed by atoms with Gasteiger partial charge in [-0.1, -0.05) is 103 Å². The zero-order valence-electron chi connectivity index (χ0n) is 19.9. The molecule has 0 heterocycles. The zero-order chi connectivity index (χ0) is 23.5. The molecule has 0 fully saturated rings. The molecule has 7 aromatic rings. The zero-order valence-corrected chi connectivity index (χ0v) is 24.4. The van der Waals surface area contributed by atoms with Crippen molar-refractivity contribution in [2.24, 2.45) is 0 Å². The first-order valence-corrected chi connectivity index (χ1v) is 13.3. The standard InChI is InChI=1S/C21H16P.C13H9.Hf/c1-3-11-19(12-4-1)22(20-13-5-2-6-14-20)21-15-17-9-7-8-10-18(17)16-21;1-3-7-12-10(5-1)9-11-6-2-4-8-13(11)12;/h1-16H;1-9H;/q2*-1;. The van der Waals surface area contributed by atoms with Crippen LogP contribution in [0.4, 0.5) is 0 Å². The molecule has 7 aromatic carbocycles. The van der Waals surface area contributed by atoms with E-state index >= 15 is 0 Å². The molecule has 0 saturated carbocycles. The average Bonchev–Trinajstić information content (AvgIpc) is 3.52. The minimum absolute atomic E-state index is 0. The number of rotatable bonds is 3. The van der Waals surface area contributed by atoms with Crippen molar-refractivity contribution >= 4 is 56.2 Å². The fraction of sp³-hybridized carbons (Fsp3) is 0. The van der Waals surface area contributed by atoms with Gasteiger partial charge < -0.3 is 0 Å². The minimum Gasteiger partial charge on any atom is -0.160 e. The van der Waals surface area contributed by atoms with Gasteiger partial charge in [-0.25, -0.2) is 0 Å². The summed E-state index contributed by atoms with van der Waals surface area (Å²) in [4.78, 5) is 0. The van der Waals surface area contributed by atoms with Crippen LogP contribution in [0.2, 0.25) is 0 Å². The van der Waals surface area contributed by atoms with E-state index in [1.807, 2.05) is 0 Å². The molecule has 0 amide bonds. The SMILES string of the molecule is [Hf].c1ccc(P(c2ccccc2)c2cc3ccccc3[cH-]2)cc1.c1ccc2c(c1)[cH-]c1ccccc12. The Morgan fingerprint density at radius 1 is 0.417 bits per heavy atom. The second-order valence-corrected chi connectivity index (χ2v) is 10.9. The van der Waals surface area contributed by atoms with Crippen LogP contribution in [0.1, 0.15) is 0 Å². The van der Waals surface area contributed by atoms with Crippen LogP contribution in [0.5, 0.6) is 0 Å². The van der Waals surface area contributed by atoms with E-state index in [0.29, 0.717) is 0 Å². The van der Waals surface area contributed by atoms with Crippen LogP contribution >= 0.6 is 7.92 Å². The van der Waals surface area contributed by atoms with Crippen LogP contribution in [0.25, 0.3) is 32.3 Å². The molecular formula is C34H25HfP-2. The molecule has 0 spiro atoms. The molecular weight excluding hydrogens is 618 g/mol. The van der Waals surface area contributed by atoms with Crippen molar-refractivity contribution in [3.63, 3.8) is 0 Å². The molecule has 0 bridgehead atoms. The van der Waals surface area contributed by atoms with E-state index in [2.05, 4.69) is 152 Å². The largest absolute Gasteiger partial charge is 0.160 e. The quantitative estimate of drug-likeness (QED) is 0.104. The van der Waals surface area contributed by atoms with Crippen molar-refractivity contribution in [3.8, 4) is 0 Å². The van der Waals surface area contributed by atoms with Gasteiger partial charge in [0.2, 0.25) is 0 Å². The van der Waals surface area contributed by atoms with Crippen LogP contribution in [0, 0.1) is 0 Å². The third-order valence-corrected chi connectivity index (χ3v) is 8.82. The third kappa shape index (κ3) is 5.05. The van der Waals surface area contributed by atoms with E-state index in [1.54, 1.807) is 0 Å². The molecule has 7 rings (SSSR count). The minimum atomic E-state index is -0.493. The maximum absolute atomic E-state index is 2.35. The van der Waals surface area contributed by atoms with Crippen molar-refractivity contribution in [2.45, 2.75) is 0 Å². The Hall–Kier alpha value is -3.12. The van der Waals surface area contributed by atoms with Gasteiger partial charge in [-0.3, -0.25) is 0 Å². The molecule has 2 heteroatoms. The summed E-state index contributed by atoms with van der Waals surface area (Å²) in [6, 6.07) is 54.3. The van der Waals surface area contributed by atoms with Gasteiger partial charge in [0.1, 0.15) is 0 Å². The summed E-state index contributed by atoms with van der Waals surface area (Å²) in [5.41, 5.74) is 0. The van der Waals surface area contributed by atoms with Gasteiger partial charge in [0.25, 0.3) is 0 Å². The van der Waals surface area contributed by atoms with Crippen molar-refractivity contribution in [1.82, 2.24) is 0 Å². The number of fused-ring (bicyclic) bond motifs is 4. The normalized spacial score (nSPS) is 10.8. The van der Waals surface area contributed by atoms with Crippen molar-refractivity contribution in [3.05, 3.63) is 152 Å². The first kappa shape index (κ1) is 24.6. The predicted molar refractivity (Wildman–Crippen MR) is 155 cm³/mol. The van der Waals surface area contributed by atoms with Crippen LogP contribution in [0.15, 0.2) is 152 Å². The van der Waals surface area contributed by atoms with Crippen LogP contribution in [-0.4, -0.2) is 0 Å². The van der Waals surface area contributed by atoms with Crippen LogP contribution < -0.4 is 15.9 Å². The van der Waals surface area contributed by atoms with E-state index in [1.165, 1.54) is 48.2 Å². The van der Waals surface area contributed by atoms with Gasteiger partial charge >= 0.3 is 0 Å². The van der Waals surface area contributed by atoms with E-state index in [4.69, 9.17) is 0 Å². The molecule has 172 valence electrons. The molecule has 0 N–H and O–H groups in total. The topological polar surface area (TPSA) is 0 Å². The van der Waals surface area contributed by atoms with Crippen LogP contribution in [0.3, 0.4) is 0 Å². The second-order valence-electron chi connectivity index (χ2n) is 8.67. The van der Waals surface area contributed by atoms with Crippen molar-refractivity contribution in [2.75, 3.05) is 0 Å². The molecule has 0 aliphatic rings. The first-order valence-electron chi connectivity index (χ1n) is 12.0. The maximum atomic E-state index is 2.35. The molecule has 0 aromatic heterocycles. The Kier molecular flexibility index (Phi) is 7.71. The number of hydrogen-bond acceptors (Lipinski definition) is 0. The van der Waals surface area contributed by atoms with Gasteiger partial charge in [-0.2, -0.15) is 6.07 Å². The van der Waals surface area contributed by atoms with E-state index in [9.17, 15) is 0 Å². The number of hydrogen-bond donors (Lipinski definition) is 0. The molecule has 0 aliphatic carbocycles. The first-order chi connectivity index (χ1) is 17.4.